The van der Waals surface area contributed by atoms with Crippen LogP contribution < -0.4 is 4.74 Å². The Morgan fingerprint density at radius 3 is 2.44 bits per heavy atom. The van der Waals surface area contributed by atoms with Crippen molar-refractivity contribution in [3.8, 4) is 11.5 Å². The van der Waals surface area contributed by atoms with E-state index >= 15 is 0 Å². The van der Waals surface area contributed by atoms with Crippen molar-refractivity contribution in [2.45, 2.75) is 0 Å². The highest BCUT2D eigenvalue weighted by molar-refractivity contribution is 6.30. The zero-order valence-corrected chi connectivity index (χ0v) is 8.71. The number of halogens is 3. The van der Waals surface area contributed by atoms with Crippen LogP contribution in [0.25, 0.3) is 0 Å². The largest absolute Gasteiger partial charge is 0.449 e. The molecule has 2 rings (SSSR count). The van der Waals surface area contributed by atoms with Crippen molar-refractivity contribution >= 4 is 11.6 Å². The number of pyridine rings is 1. The lowest BCUT2D eigenvalue weighted by molar-refractivity contribution is 0.406. The predicted molar refractivity (Wildman–Crippen MR) is 55.7 cm³/mol. The standard InChI is InChI=1S/C11H6ClF2NO/c12-7-4-8(6-15-5-7)16-11-9(13)2-1-3-10(11)14/h1-6H. The van der Waals surface area contributed by atoms with Crippen LogP contribution in [0, 0.1) is 11.6 Å². The average molecular weight is 242 g/mol. The molecule has 1 aromatic heterocycles. The minimum atomic E-state index is -0.778. The third-order valence-electron chi connectivity index (χ3n) is 1.82. The lowest BCUT2D eigenvalue weighted by atomic mass is 10.3. The van der Waals surface area contributed by atoms with Crippen molar-refractivity contribution in [1.82, 2.24) is 4.98 Å². The summed E-state index contributed by atoms with van der Waals surface area (Å²) in [5.41, 5.74) is 0. The van der Waals surface area contributed by atoms with Gasteiger partial charge in [0.25, 0.3) is 0 Å². The molecule has 0 radical (unpaired) electrons. The lowest BCUT2D eigenvalue weighted by Gasteiger charge is -2.07. The Hall–Kier alpha value is -1.68. The first-order chi connectivity index (χ1) is 7.66. The van der Waals surface area contributed by atoms with E-state index in [0.29, 0.717) is 5.02 Å². The fourth-order valence-electron chi connectivity index (χ4n) is 1.15. The summed E-state index contributed by atoms with van der Waals surface area (Å²) in [5.74, 6) is -1.84. The van der Waals surface area contributed by atoms with Crippen LogP contribution in [0.3, 0.4) is 0 Å². The number of aromatic nitrogens is 1. The number of para-hydroxylation sites is 1. The van der Waals surface area contributed by atoms with Crippen LogP contribution in [-0.2, 0) is 0 Å². The summed E-state index contributed by atoms with van der Waals surface area (Å²) >= 11 is 5.66. The number of rotatable bonds is 2. The van der Waals surface area contributed by atoms with Crippen molar-refractivity contribution < 1.29 is 13.5 Å². The molecule has 82 valence electrons. The second kappa shape index (κ2) is 4.45. The zero-order valence-electron chi connectivity index (χ0n) is 7.95. The van der Waals surface area contributed by atoms with Crippen LogP contribution in [-0.4, -0.2) is 4.98 Å². The minimum absolute atomic E-state index is 0.177. The smallest absolute Gasteiger partial charge is 0.198 e. The highest BCUT2D eigenvalue weighted by Gasteiger charge is 2.10. The summed E-state index contributed by atoms with van der Waals surface area (Å²) < 4.78 is 31.5. The highest BCUT2D eigenvalue weighted by atomic mass is 35.5. The third-order valence-corrected chi connectivity index (χ3v) is 2.03. The Balaban J connectivity index is 2.34. The van der Waals surface area contributed by atoms with E-state index in [0.717, 1.165) is 12.1 Å². The van der Waals surface area contributed by atoms with Crippen molar-refractivity contribution in [2.24, 2.45) is 0 Å². The molecule has 0 fully saturated rings. The Morgan fingerprint density at radius 2 is 1.81 bits per heavy atom. The number of ether oxygens (including phenoxy) is 1. The maximum Gasteiger partial charge on any atom is 0.198 e. The quantitative estimate of drug-likeness (QED) is 0.798. The van der Waals surface area contributed by atoms with E-state index in [-0.39, 0.29) is 5.75 Å². The molecule has 0 spiro atoms. The molecule has 0 amide bonds. The van der Waals surface area contributed by atoms with E-state index in [9.17, 15) is 8.78 Å². The van der Waals surface area contributed by atoms with Gasteiger partial charge in [0.05, 0.1) is 11.2 Å². The minimum Gasteiger partial charge on any atom is -0.449 e. The molecule has 0 aliphatic carbocycles. The Morgan fingerprint density at radius 1 is 1.12 bits per heavy atom. The Bertz CT molecular complexity index is 499. The van der Waals surface area contributed by atoms with Gasteiger partial charge in [-0.25, -0.2) is 8.78 Å². The van der Waals surface area contributed by atoms with Gasteiger partial charge in [0, 0.05) is 12.3 Å². The summed E-state index contributed by atoms with van der Waals surface area (Å²) in [7, 11) is 0. The summed E-state index contributed by atoms with van der Waals surface area (Å²) in [6.45, 7) is 0. The molecule has 1 heterocycles. The third kappa shape index (κ3) is 2.28. The van der Waals surface area contributed by atoms with Gasteiger partial charge in [-0.3, -0.25) is 4.98 Å². The van der Waals surface area contributed by atoms with Gasteiger partial charge in [-0.1, -0.05) is 17.7 Å². The molecule has 0 bridgehead atoms. The monoisotopic (exact) mass is 241 g/mol. The maximum atomic E-state index is 13.2. The van der Waals surface area contributed by atoms with Gasteiger partial charge in [-0.15, -0.1) is 0 Å². The molecule has 2 aromatic rings. The summed E-state index contributed by atoms with van der Waals surface area (Å²) in [4.78, 5) is 3.74. The van der Waals surface area contributed by atoms with Crippen LogP contribution in [0.4, 0.5) is 8.78 Å². The van der Waals surface area contributed by atoms with Gasteiger partial charge in [0.1, 0.15) is 5.75 Å². The van der Waals surface area contributed by atoms with E-state index in [1.807, 2.05) is 0 Å². The van der Waals surface area contributed by atoms with Crippen molar-refractivity contribution in [3.63, 3.8) is 0 Å². The second-order valence-electron chi connectivity index (χ2n) is 2.99. The van der Waals surface area contributed by atoms with Crippen molar-refractivity contribution in [2.75, 3.05) is 0 Å². The van der Waals surface area contributed by atoms with Gasteiger partial charge >= 0.3 is 0 Å². The van der Waals surface area contributed by atoms with Gasteiger partial charge in [0.2, 0.25) is 0 Å². The summed E-state index contributed by atoms with van der Waals surface area (Å²) in [5, 5.41) is 0.328. The zero-order chi connectivity index (χ0) is 11.5. The normalized spacial score (nSPS) is 10.2. The van der Waals surface area contributed by atoms with E-state index < -0.39 is 17.4 Å². The van der Waals surface area contributed by atoms with Gasteiger partial charge in [0.15, 0.2) is 17.4 Å². The molecule has 0 saturated carbocycles. The molecule has 0 atom stereocenters. The number of nitrogens with zero attached hydrogens (tertiary/aromatic N) is 1. The molecule has 0 N–H and O–H groups in total. The summed E-state index contributed by atoms with van der Waals surface area (Å²) in [6.07, 6.45) is 2.71. The molecular weight excluding hydrogens is 236 g/mol. The number of hydrogen-bond donors (Lipinski definition) is 0. The molecule has 16 heavy (non-hydrogen) atoms. The molecule has 2 nitrogen and oxygen atoms in total. The fourth-order valence-corrected chi connectivity index (χ4v) is 1.31. The first-order valence-electron chi connectivity index (χ1n) is 4.39. The SMILES string of the molecule is Fc1cccc(F)c1Oc1cncc(Cl)c1. The van der Waals surface area contributed by atoms with Crippen LogP contribution >= 0.6 is 11.6 Å². The molecule has 5 heteroatoms. The molecule has 1 aromatic carbocycles. The topological polar surface area (TPSA) is 22.1 Å². The van der Waals surface area contributed by atoms with E-state index in [4.69, 9.17) is 16.3 Å². The molecule has 0 aliphatic heterocycles. The Labute approximate surface area is 95.5 Å². The average Bonchev–Trinajstić information content (AvgIpc) is 2.24. The summed E-state index contributed by atoms with van der Waals surface area (Å²) in [6, 6.07) is 4.89. The van der Waals surface area contributed by atoms with Gasteiger partial charge in [-0.2, -0.15) is 0 Å². The lowest BCUT2D eigenvalue weighted by Crippen LogP contribution is -1.92. The van der Waals surface area contributed by atoms with Gasteiger partial charge < -0.3 is 4.74 Å². The number of hydrogen-bond acceptors (Lipinski definition) is 2. The second-order valence-corrected chi connectivity index (χ2v) is 3.43. The maximum absolute atomic E-state index is 13.2. The number of benzene rings is 1. The van der Waals surface area contributed by atoms with Gasteiger partial charge in [-0.05, 0) is 12.1 Å². The Kier molecular flexibility index (Phi) is 3.01. The van der Waals surface area contributed by atoms with E-state index in [2.05, 4.69) is 4.98 Å². The van der Waals surface area contributed by atoms with Crippen LogP contribution in [0.15, 0.2) is 36.7 Å². The van der Waals surface area contributed by atoms with Crippen molar-refractivity contribution in [1.29, 1.82) is 0 Å². The first-order valence-corrected chi connectivity index (χ1v) is 4.77. The van der Waals surface area contributed by atoms with Crippen LogP contribution in [0.5, 0.6) is 11.5 Å². The molecule has 0 unspecified atom stereocenters. The van der Waals surface area contributed by atoms with E-state index in [1.165, 1.54) is 24.5 Å². The van der Waals surface area contributed by atoms with Crippen LogP contribution in [0.1, 0.15) is 0 Å². The molecular formula is C11H6ClF2NO. The predicted octanol–water partition coefficient (Wildman–Crippen LogP) is 3.81. The van der Waals surface area contributed by atoms with Crippen LogP contribution in [0.2, 0.25) is 5.02 Å². The molecule has 0 saturated heterocycles. The van der Waals surface area contributed by atoms with E-state index in [1.54, 1.807) is 0 Å². The highest BCUT2D eigenvalue weighted by Crippen LogP contribution is 2.27. The molecule has 0 aliphatic rings. The van der Waals surface area contributed by atoms with Crippen molar-refractivity contribution in [3.05, 3.63) is 53.3 Å². The fraction of sp³-hybridized carbons (Fsp3) is 0. The first kappa shape index (κ1) is 10.8.